The molecule has 0 saturated heterocycles. The monoisotopic (exact) mass is 456 g/mol. The van der Waals surface area contributed by atoms with Crippen molar-refractivity contribution in [3.63, 3.8) is 0 Å². The Bertz CT molecular complexity index is 831. The molecular formula is C17H17IN2O3S. The van der Waals surface area contributed by atoms with Crippen molar-refractivity contribution in [1.29, 1.82) is 0 Å². The van der Waals surface area contributed by atoms with Crippen LogP contribution in [0.25, 0.3) is 0 Å². The minimum absolute atomic E-state index is 0.174. The summed E-state index contributed by atoms with van der Waals surface area (Å²) in [5.41, 5.74) is 1.64. The lowest BCUT2D eigenvalue weighted by Crippen LogP contribution is -2.29. The maximum atomic E-state index is 12.2. The second-order valence-electron chi connectivity index (χ2n) is 5.09. The zero-order chi connectivity index (χ0) is 17.7. The van der Waals surface area contributed by atoms with Crippen LogP contribution in [0.4, 0.5) is 11.4 Å². The van der Waals surface area contributed by atoms with E-state index < -0.39 is 10.0 Å². The van der Waals surface area contributed by atoms with E-state index in [1.807, 2.05) is 24.3 Å². The summed E-state index contributed by atoms with van der Waals surface area (Å²) in [5.74, 6) is -0.252. The van der Waals surface area contributed by atoms with Crippen LogP contribution >= 0.6 is 22.6 Å². The molecule has 0 heterocycles. The number of nitrogens with one attached hydrogen (secondary N) is 1. The van der Waals surface area contributed by atoms with Gasteiger partial charge in [0, 0.05) is 14.8 Å². The van der Waals surface area contributed by atoms with Gasteiger partial charge in [0.15, 0.2) is 0 Å². The van der Waals surface area contributed by atoms with Gasteiger partial charge in [0.1, 0.15) is 0 Å². The lowest BCUT2D eigenvalue weighted by atomic mass is 10.2. The largest absolute Gasteiger partial charge is 0.322 e. The third kappa shape index (κ3) is 4.81. The Morgan fingerprint density at radius 2 is 1.75 bits per heavy atom. The molecule has 0 atom stereocenters. The van der Waals surface area contributed by atoms with Crippen LogP contribution in [-0.2, 0) is 10.0 Å². The van der Waals surface area contributed by atoms with Gasteiger partial charge in [-0.3, -0.25) is 9.10 Å². The minimum Gasteiger partial charge on any atom is -0.322 e. The highest BCUT2D eigenvalue weighted by atomic mass is 127. The Labute approximate surface area is 155 Å². The molecule has 0 bridgehead atoms. The number of carbonyl (C=O) groups excluding carboxylic acids is 1. The Morgan fingerprint density at radius 3 is 2.25 bits per heavy atom. The molecule has 0 unspecified atom stereocenters. The van der Waals surface area contributed by atoms with Crippen molar-refractivity contribution < 1.29 is 13.2 Å². The van der Waals surface area contributed by atoms with E-state index in [-0.39, 0.29) is 12.5 Å². The van der Waals surface area contributed by atoms with Crippen LogP contribution in [-0.4, -0.2) is 27.1 Å². The highest BCUT2D eigenvalue weighted by Gasteiger charge is 2.16. The molecule has 7 heteroatoms. The third-order valence-corrected chi connectivity index (χ3v) is 5.09. The van der Waals surface area contributed by atoms with Crippen LogP contribution in [0.15, 0.2) is 61.2 Å². The second-order valence-corrected chi connectivity index (χ2v) is 8.24. The summed E-state index contributed by atoms with van der Waals surface area (Å²) in [6.45, 7) is 3.74. The summed E-state index contributed by atoms with van der Waals surface area (Å²) in [7, 11) is -3.41. The van der Waals surface area contributed by atoms with Gasteiger partial charge < -0.3 is 5.32 Å². The predicted molar refractivity (Wildman–Crippen MR) is 106 cm³/mol. The van der Waals surface area contributed by atoms with E-state index in [4.69, 9.17) is 0 Å². The summed E-state index contributed by atoms with van der Waals surface area (Å²) >= 11 is 2.19. The smallest absolute Gasteiger partial charge is 0.255 e. The van der Waals surface area contributed by atoms with Gasteiger partial charge in [-0.25, -0.2) is 8.42 Å². The molecule has 2 aromatic rings. The van der Waals surface area contributed by atoms with E-state index in [1.165, 1.54) is 10.4 Å². The van der Waals surface area contributed by atoms with Gasteiger partial charge >= 0.3 is 0 Å². The van der Waals surface area contributed by atoms with Gasteiger partial charge in [-0.2, -0.15) is 0 Å². The van der Waals surface area contributed by atoms with Crippen LogP contribution in [0.2, 0.25) is 0 Å². The van der Waals surface area contributed by atoms with E-state index in [1.54, 1.807) is 24.3 Å². The quantitative estimate of drug-likeness (QED) is 0.535. The molecule has 0 fully saturated rings. The van der Waals surface area contributed by atoms with Crippen LogP contribution in [0.5, 0.6) is 0 Å². The Kier molecular flexibility index (Phi) is 6.00. The van der Waals surface area contributed by atoms with Crippen molar-refractivity contribution in [1.82, 2.24) is 0 Å². The van der Waals surface area contributed by atoms with Gasteiger partial charge in [0.2, 0.25) is 10.0 Å². The summed E-state index contributed by atoms with van der Waals surface area (Å²) in [5, 5.41) is 2.80. The van der Waals surface area contributed by atoms with E-state index in [0.29, 0.717) is 16.9 Å². The molecule has 0 radical (unpaired) electrons. The zero-order valence-electron chi connectivity index (χ0n) is 13.1. The summed E-state index contributed by atoms with van der Waals surface area (Å²) in [6, 6.07) is 13.8. The van der Waals surface area contributed by atoms with Gasteiger partial charge in [0.25, 0.3) is 5.91 Å². The molecule has 0 aliphatic rings. The lowest BCUT2D eigenvalue weighted by molar-refractivity contribution is 0.102. The summed E-state index contributed by atoms with van der Waals surface area (Å²) in [6.07, 6.45) is 2.65. The molecule has 1 amide bonds. The number of anilines is 2. The molecule has 0 aliphatic heterocycles. The molecule has 0 aromatic heterocycles. The normalized spacial score (nSPS) is 10.9. The van der Waals surface area contributed by atoms with Crippen molar-refractivity contribution >= 4 is 49.9 Å². The number of nitrogens with zero attached hydrogens (tertiary/aromatic N) is 1. The SMILES string of the molecule is C=CCN(c1ccc(C(=O)Nc2ccc(I)cc2)cc1)S(C)(=O)=O. The van der Waals surface area contributed by atoms with Crippen LogP contribution in [0.3, 0.4) is 0 Å². The van der Waals surface area contributed by atoms with E-state index in [9.17, 15) is 13.2 Å². The highest BCUT2D eigenvalue weighted by molar-refractivity contribution is 14.1. The molecular weight excluding hydrogens is 439 g/mol. The fraction of sp³-hybridized carbons (Fsp3) is 0.118. The molecule has 126 valence electrons. The fourth-order valence-electron chi connectivity index (χ4n) is 2.07. The van der Waals surface area contributed by atoms with Gasteiger partial charge in [-0.05, 0) is 71.1 Å². The number of carbonyl (C=O) groups is 1. The minimum atomic E-state index is -3.41. The number of sulfonamides is 1. The van der Waals surface area contributed by atoms with Crippen molar-refractivity contribution in [3.8, 4) is 0 Å². The first-order valence-electron chi connectivity index (χ1n) is 7.07. The van der Waals surface area contributed by atoms with Gasteiger partial charge in [0.05, 0.1) is 18.5 Å². The Morgan fingerprint density at radius 1 is 1.17 bits per heavy atom. The number of benzene rings is 2. The summed E-state index contributed by atoms with van der Waals surface area (Å²) < 4.78 is 25.9. The van der Waals surface area contributed by atoms with Gasteiger partial charge in [-0.15, -0.1) is 6.58 Å². The third-order valence-electron chi connectivity index (χ3n) is 3.21. The molecule has 2 aromatic carbocycles. The lowest BCUT2D eigenvalue weighted by Gasteiger charge is -2.20. The first kappa shape index (κ1) is 18.5. The maximum Gasteiger partial charge on any atom is 0.255 e. The van der Waals surface area contributed by atoms with Crippen molar-refractivity contribution in [2.24, 2.45) is 0 Å². The van der Waals surface area contributed by atoms with Crippen molar-refractivity contribution in [2.75, 3.05) is 22.4 Å². The topological polar surface area (TPSA) is 66.5 Å². The van der Waals surface area contributed by atoms with Crippen LogP contribution in [0.1, 0.15) is 10.4 Å². The molecule has 0 saturated carbocycles. The van der Waals surface area contributed by atoms with Crippen LogP contribution < -0.4 is 9.62 Å². The molecule has 2 rings (SSSR count). The van der Waals surface area contributed by atoms with Gasteiger partial charge in [-0.1, -0.05) is 6.08 Å². The number of hydrogen-bond acceptors (Lipinski definition) is 3. The molecule has 5 nitrogen and oxygen atoms in total. The first-order valence-corrected chi connectivity index (χ1v) is 9.99. The van der Waals surface area contributed by atoms with E-state index >= 15 is 0 Å². The molecule has 0 aliphatic carbocycles. The summed E-state index contributed by atoms with van der Waals surface area (Å²) in [4.78, 5) is 12.2. The second kappa shape index (κ2) is 7.80. The van der Waals surface area contributed by atoms with Crippen molar-refractivity contribution in [2.45, 2.75) is 0 Å². The predicted octanol–water partition coefficient (Wildman–Crippen LogP) is 3.50. The molecule has 24 heavy (non-hydrogen) atoms. The number of amides is 1. The van der Waals surface area contributed by atoms with Crippen LogP contribution in [0, 0.1) is 3.57 Å². The Hall–Kier alpha value is -1.87. The molecule has 0 spiro atoms. The average molecular weight is 456 g/mol. The average Bonchev–Trinajstić information content (AvgIpc) is 2.54. The molecule has 1 N–H and O–H groups in total. The first-order chi connectivity index (χ1) is 11.3. The maximum absolute atomic E-state index is 12.2. The number of halogens is 1. The van der Waals surface area contributed by atoms with E-state index in [0.717, 1.165) is 9.83 Å². The zero-order valence-corrected chi connectivity index (χ0v) is 16.0. The van der Waals surface area contributed by atoms with E-state index in [2.05, 4.69) is 34.5 Å². The fourth-order valence-corrected chi connectivity index (χ4v) is 3.31. The highest BCUT2D eigenvalue weighted by Crippen LogP contribution is 2.19. The van der Waals surface area contributed by atoms with Crippen molar-refractivity contribution in [3.05, 3.63) is 70.3 Å². The Balaban J connectivity index is 2.17. The number of hydrogen-bond donors (Lipinski definition) is 1. The number of rotatable bonds is 6. The standard InChI is InChI=1S/C17H17IN2O3S/c1-3-12-20(24(2,22)23)16-10-4-13(5-11-16)17(21)19-15-8-6-14(18)7-9-15/h3-11H,1,12H2,2H3,(H,19,21).